The zero-order valence-corrected chi connectivity index (χ0v) is 19.6. The lowest BCUT2D eigenvalue weighted by atomic mass is 9.86. The summed E-state index contributed by atoms with van der Waals surface area (Å²) < 4.78 is 93.2. The molecule has 0 N–H and O–H groups in total. The van der Waals surface area contributed by atoms with Crippen LogP contribution in [0.4, 0.5) is 26.3 Å². The lowest BCUT2D eigenvalue weighted by Gasteiger charge is -2.38. The van der Waals surface area contributed by atoms with Crippen LogP contribution in [0.5, 0.6) is 5.75 Å². The van der Waals surface area contributed by atoms with Crippen molar-refractivity contribution in [1.29, 1.82) is 0 Å². The highest BCUT2D eigenvalue weighted by atomic mass is 19.4. The van der Waals surface area contributed by atoms with Crippen LogP contribution in [-0.4, -0.2) is 75.1 Å². The van der Waals surface area contributed by atoms with Crippen LogP contribution in [0.1, 0.15) is 33.1 Å². The molecule has 36 heavy (non-hydrogen) atoms. The first-order chi connectivity index (χ1) is 17.1. The van der Waals surface area contributed by atoms with E-state index in [9.17, 15) is 22.4 Å². The maximum Gasteiger partial charge on any atom is 0.401 e. The van der Waals surface area contributed by atoms with Crippen molar-refractivity contribution >= 4 is 5.97 Å². The van der Waals surface area contributed by atoms with Gasteiger partial charge in [-0.1, -0.05) is 6.07 Å². The highest BCUT2D eigenvalue weighted by molar-refractivity contribution is 5.89. The molecule has 5 nitrogen and oxygen atoms in total. The summed E-state index contributed by atoms with van der Waals surface area (Å²) in [7, 11) is 1.20. The number of fused-ring (bicyclic) bond motifs is 1. The summed E-state index contributed by atoms with van der Waals surface area (Å²) in [4.78, 5) is 14.8. The highest BCUT2D eigenvalue weighted by Crippen LogP contribution is 2.40. The molecular weight excluding hydrogens is 490 g/mol. The number of hydrogen-bond donors (Lipinski definition) is 0. The number of halogens is 6. The van der Waals surface area contributed by atoms with Crippen molar-refractivity contribution in [2.45, 2.75) is 18.6 Å². The minimum Gasteiger partial charge on any atom is -0.492 e. The average Bonchev–Trinajstić information content (AvgIpc) is 2.79. The van der Waals surface area contributed by atoms with Crippen LogP contribution >= 0.6 is 0 Å². The zero-order valence-electron chi connectivity index (χ0n) is 19.6. The second-order valence-corrected chi connectivity index (χ2v) is 9.07. The van der Waals surface area contributed by atoms with Crippen molar-refractivity contribution < 1.29 is 40.6 Å². The highest BCUT2D eigenvalue weighted by Gasteiger charge is 2.40. The molecule has 0 bridgehead atoms. The molecule has 0 spiro atoms. The Bertz CT molecular complexity index is 1080. The molecule has 2 aliphatic heterocycles. The van der Waals surface area contributed by atoms with Crippen LogP contribution < -0.4 is 4.74 Å². The Hall–Kier alpha value is -2.79. The van der Waals surface area contributed by atoms with E-state index in [1.54, 1.807) is 0 Å². The van der Waals surface area contributed by atoms with Crippen molar-refractivity contribution in [2.75, 3.05) is 53.1 Å². The number of carbonyl (C=O) groups is 1. The first kappa shape index (κ1) is 26.3. The van der Waals surface area contributed by atoms with Gasteiger partial charge in [0.1, 0.15) is 24.0 Å². The zero-order chi connectivity index (χ0) is 26.0. The first-order valence-corrected chi connectivity index (χ1v) is 11.5. The van der Waals surface area contributed by atoms with Gasteiger partial charge in [-0.25, -0.2) is 13.6 Å². The fourth-order valence-electron chi connectivity index (χ4n) is 4.82. The van der Waals surface area contributed by atoms with Gasteiger partial charge in [-0.3, -0.25) is 14.2 Å². The Morgan fingerprint density at radius 2 is 1.81 bits per heavy atom. The van der Waals surface area contributed by atoms with E-state index >= 15 is 8.78 Å². The molecule has 0 saturated carbocycles. The molecule has 1 atom stereocenters. The van der Waals surface area contributed by atoms with Crippen LogP contribution in [0.3, 0.4) is 0 Å². The summed E-state index contributed by atoms with van der Waals surface area (Å²) in [5.41, 5.74) is 0.474. The molecule has 1 fully saturated rings. The van der Waals surface area contributed by atoms with Crippen molar-refractivity contribution in [2.24, 2.45) is 5.92 Å². The molecule has 4 rings (SSSR count). The molecule has 2 aliphatic rings. The number of ether oxygens (including phenoxy) is 2. The van der Waals surface area contributed by atoms with E-state index in [2.05, 4.69) is 0 Å². The summed E-state index contributed by atoms with van der Waals surface area (Å²) >= 11 is 0. The second kappa shape index (κ2) is 10.7. The molecule has 196 valence electrons. The summed E-state index contributed by atoms with van der Waals surface area (Å²) in [6, 6.07) is 4.83. The molecule has 0 aliphatic carbocycles. The van der Waals surface area contributed by atoms with Gasteiger partial charge in [0.2, 0.25) is 0 Å². The third-order valence-electron chi connectivity index (χ3n) is 6.53. The largest absolute Gasteiger partial charge is 0.492 e. The number of rotatable bonds is 8. The number of alkyl halides is 4. The number of hydrogen-bond acceptors (Lipinski definition) is 5. The standard InChI is InChI=1S/C25H26F6N2O3/c1-35-24(34)17-2-3-19-16(8-17)4-5-33(14-25(29,30)31)23(19)22-20(27)9-18(10-21(22)28)36-7-6-32-12-15(11-26)13-32/h2-3,8-10,15,23H,4-7,11-14H2,1H3. The van der Waals surface area contributed by atoms with E-state index in [0.29, 0.717) is 25.2 Å². The van der Waals surface area contributed by atoms with E-state index in [4.69, 9.17) is 9.47 Å². The summed E-state index contributed by atoms with van der Waals surface area (Å²) in [6.45, 7) is -0.101. The average molecular weight is 516 g/mol. The fourth-order valence-corrected chi connectivity index (χ4v) is 4.82. The van der Waals surface area contributed by atoms with Gasteiger partial charge in [-0.15, -0.1) is 0 Å². The molecule has 2 aromatic rings. The molecule has 11 heteroatoms. The van der Waals surface area contributed by atoms with Crippen LogP contribution in [0.25, 0.3) is 0 Å². The van der Waals surface area contributed by atoms with Crippen molar-refractivity contribution in [3.63, 3.8) is 0 Å². The molecule has 2 heterocycles. The molecule has 0 aromatic heterocycles. The van der Waals surface area contributed by atoms with Gasteiger partial charge in [0.25, 0.3) is 0 Å². The van der Waals surface area contributed by atoms with E-state index in [-0.39, 0.29) is 42.4 Å². The smallest absolute Gasteiger partial charge is 0.401 e. The minimum atomic E-state index is -4.59. The van der Waals surface area contributed by atoms with E-state index < -0.39 is 48.6 Å². The van der Waals surface area contributed by atoms with Crippen molar-refractivity contribution in [1.82, 2.24) is 9.80 Å². The van der Waals surface area contributed by atoms with E-state index in [1.165, 1.54) is 25.3 Å². The molecule has 0 radical (unpaired) electrons. The summed E-state index contributed by atoms with van der Waals surface area (Å²) in [6.07, 6.45) is -4.42. The molecule has 1 saturated heterocycles. The minimum absolute atomic E-state index is 0.000820. The molecule has 1 unspecified atom stereocenters. The maximum absolute atomic E-state index is 15.3. The molecule has 2 aromatic carbocycles. The normalized spacial score (nSPS) is 19.0. The van der Waals surface area contributed by atoms with Crippen LogP contribution in [-0.2, 0) is 11.2 Å². The number of esters is 1. The Labute approximate surface area is 204 Å². The van der Waals surface area contributed by atoms with E-state index in [1.807, 2.05) is 4.90 Å². The lowest BCUT2D eigenvalue weighted by Crippen LogP contribution is -2.49. The topological polar surface area (TPSA) is 42.0 Å². The van der Waals surface area contributed by atoms with Gasteiger partial charge in [0.05, 0.1) is 31.9 Å². The molecular formula is C25H26F6N2O3. The first-order valence-electron chi connectivity index (χ1n) is 11.5. The Balaban J connectivity index is 1.60. The summed E-state index contributed by atoms with van der Waals surface area (Å²) in [5, 5.41) is 0. The van der Waals surface area contributed by atoms with Crippen molar-refractivity contribution in [3.05, 3.63) is 64.2 Å². The number of carbonyl (C=O) groups excluding carboxylic acids is 1. The third-order valence-corrected chi connectivity index (χ3v) is 6.53. The third kappa shape index (κ3) is 5.78. The SMILES string of the molecule is COC(=O)c1ccc2c(c1)CCN(CC(F)(F)F)C2c1c(F)cc(OCCN2CC(CF)C2)cc1F. The van der Waals surface area contributed by atoms with Gasteiger partial charge in [0.15, 0.2) is 0 Å². The number of likely N-dealkylation sites (tertiary alicyclic amines) is 1. The quantitative estimate of drug-likeness (QED) is 0.381. The van der Waals surface area contributed by atoms with Gasteiger partial charge in [-0.2, -0.15) is 13.2 Å². The number of methoxy groups -OCH3 is 1. The van der Waals surface area contributed by atoms with Gasteiger partial charge in [0, 0.05) is 49.8 Å². The van der Waals surface area contributed by atoms with Crippen molar-refractivity contribution in [3.8, 4) is 5.75 Å². The monoisotopic (exact) mass is 516 g/mol. The van der Waals surface area contributed by atoms with E-state index in [0.717, 1.165) is 17.0 Å². The lowest BCUT2D eigenvalue weighted by molar-refractivity contribution is -0.150. The van der Waals surface area contributed by atoms with Gasteiger partial charge < -0.3 is 9.47 Å². The van der Waals surface area contributed by atoms with Crippen LogP contribution in [0, 0.1) is 17.6 Å². The number of nitrogens with zero attached hydrogens (tertiary/aromatic N) is 2. The Morgan fingerprint density at radius 1 is 1.11 bits per heavy atom. The predicted octanol–water partition coefficient (Wildman–Crippen LogP) is 4.54. The van der Waals surface area contributed by atoms with Gasteiger partial charge in [-0.05, 0) is 29.7 Å². The van der Waals surface area contributed by atoms with Gasteiger partial charge >= 0.3 is 12.1 Å². The Morgan fingerprint density at radius 3 is 2.42 bits per heavy atom. The maximum atomic E-state index is 15.3. The summed E-state index contributed by atoms with van der Waals surface area (Å²) in [5.74, 6) is -2.77. The molecule has 0 amide bonds. The fraction of sp³-hybridized carbons (Fsp3) is 0.480. The van der Waals surface area contributed by atoms with Crippen LogP contribution in [0.15, 0.2) is 30.3 Å². The second-order valence-electron chi connectivity index (χ2n) is 9.07. The van der Waals surface area contributed by atoms with Crippen LogP contribution in [0.2, 0.25) is 0 Å². The predicted molar refractivity (Wildman–Crippen MR) is 119 cm³/mol. The number of benzene rings is 2. The Kier molecular flexibility index (Phi) is 7.79.